The molecule has 1 amide bonds. The number of hydrogen-bond acceptors (Lipinski definition) is 4. The zero-order valence-electron chi connectivity index (χ0n) is 15.7. The maximum atomic E-state index is 12.6. The first-order valence-corrected chi connectivity index (χ1v) is 9.44. The third kappa shape index (κ3) is 3.40. The highest BCUT2D eigenvalue weighted by Gasteiger charge is 2.15. The molecule has 3 aromatic carbocycles. The first-order valence-electron chi connectivity index (χ1n) is 9.44. The number of aromatic nitrogens is 2. The highest BCUT2D eigenvalue weighted by molar-refractivity contribution is 5.94. The summed E-state index contributed by atoms with van der Waals surface area (Å²) in [5.41, 5.74) is 3.80. The summed E-state index contributed by atoms with van der Waals surface area (Å²) in [6, 6.07) is 23.6. The lowest BCUT2D eigenvalue weighted by molar-refractivity contribution is -0.121. The minimum absolute atomic E-state index is 0.101. The molecule has 5 rings (SSSR count). The smallest absolute Gasteiger partial charge is 0.242 e. The number of carbonyl (C=O) groups is 1. The first-order chi connectivity index (χ1) is 14.3. The van der Waals surface area contributed by atoms with Gasteiger partial charge in [-0.05, 0) is 23.8 Å². The molecule has 2 heterocycles. The molecule has 0 fully saturated rings. The van der Waals surface area contributed by atoms with Crippen LogP contribution in [0.3, 0.4) is 0 Å². The summed E-state index contributed by atoms with van der Waals surface area (Å²) in [6.45, 7) is 0.805. The fraction of sp³-hybridized carbons (Fsp3) is 0.130. The molecular formula is C23H19N3O3. The van der Waals surface area contributed by atoms with Crippen LogP contribution in [-0.2, 0) is 17.9 Å². The Labute approximate surface area is 167 Å². The number of para-hydroxylation sites is 1. The molecule has 0 aliphatic carbocycles. The molecule has 1 aliphatic heterocycles. The minimum atomic E-state index is -0.101. The van der Waals surface area contributed by atoms with E-state index in [4.69, 9.17) is 14.6 Å². The summed E-state index contributed by atoms with van der Waals surface area (Å²) in [4.78, 5) is 12.6. The number of ether oxygens (including phenoxy) is 2. The molecule has 0 saturated carbocycles. The van der Waals surface area contributed by atoms with Gasteiger partial charge in [0.05, 0.1) is 5.52 Å². The van der Waals surface area contributed by atoms with Crippen molar-refractivity contribution < 1.29 is 14.3 Å². The van der Waals surface area contributed by atoms with Gasteiger partial charge in [0, 0.05) is 17.5 Å². The summed E-state index contributed by atoms with van der Waals surface area (Å²) in [5, 5.41) is 8.71. The molecule has 0 radical (unpaired) electrons. The molecule has 4 aromatic rings. The second-order valence-corrected chi connectivity index (χ2v) is 6.85. The predicted octanol–water partition coefficient (Wildman–Crippen LogP) is 3.75. The Bertz CT molecular complexity index is 1180. The van der Waals surface area contributed by atoms with Crippen LogP contribution in [0, 0.1) is 0 Å². The van der Waals surface area contributed by atoms with E-state index in [2.05, 4.69) is 5.32 Å². The van der Waals surface area contributed by atoms with Crippen molar-refractivity contribution in [3.8, 4) is 22.8 Å². The molecule has 0 unspecified atom stereocenters. The molecule has 0 saturated heterocycles. The average molecular weight is 385 g/mol. The predicted molar refractivity (Wildman–Crippen MR) is 110 cm³/mol. The van der Waals surface area contributed by atoms with Gasteiger partial charge in [0.1, 0.15) is 12.2 Å². The number of nitrogens with zero attached hydrogens (tertiary/aromatic N) is 2. The summed E-state index contributed by atoms with van der Waals surface area (Å²) in [7, 11) is 0. The summed E-state index contributed by atoms with van der Waals surface area (Å²) in [5.74, 6) is 1.34. The lowest BCUT2D eigenvalue weighted by atomic mass is 10.1. The first kappa shape index (κ1) is 17.3. The van der Waals surface area contributed by atoms with Gasteiger partial charge in [0.2, 0.25) is 12.7 Å². The van der Waals surface area contributed by atoms with Gasteiger partial charge in [-0.1, -0.05) is 54.6 Å². The van der Waals surface area contributed by atoms with Crippen molar-refractivity contribution in [2.75, 3.05) is 6.79 Å². The van der Waals surface area contributed by atoms with E-state index >= 15 is 0 Å². The molecule has 1 aliphatic rings. The van der Waals surface area contributed by atoms with Gasteiger partial charge in [0.25, 0.3) is 0 Å². The van der Waals surface area contributed by atoms with Crippen LogP contribution in [0.25, 0.3) is 22.2 Å². The lowest BCUT2D eigenvalue weighted by Crippen LogP contribution is -2.27. The van der Waals surface area contributed by atoms with Crippen LogP contribution in [-0.4, -0.2) is 22.5 Å². The molecule has 6 nitrogen and oxygen atoms in total. The highest BCUT2D eigenvalue weighted by Crippen LogP contribution is 2.32. The molecule has 0 bridgehead atoms. The molecule has 1 N–H and O–H groups in total. The second kappa shape index (κ2) is 7.31. The highest BCUT2D eigenvalue weighted by atomic mass is 16.7. The van der Waals surface area contributed by atoms with Gasteiger partial charge in [-0.2, -0.15) is 5.10 Å². The number of fused-ring (bicyclic) bond motifs is 2. The molecule has 144 valence electrons. The second-order valence-electron chi connectivity index (χ2n) is 6.85. The van der Waals surface area contributed by atoms with Crippen molar-refractivity contribution in [3.63, 3.8) is 0 Å². The van der Waals surface area contributed by atoms with Crippen molar-refractivity contribution >= 4 is 16.8 Å². The Morgan fingerprint density at radius 1 is 0.966 bits per heavy atom. The standard InChI is InChI=1S/C23H19N3O3/c27-22(24-13-16-10-11-20-21(12-16)29-15-28-20)14-26-19-9-5-4-8-18(19)23(25-26)17-6-2-1-3-7-17/h1-12H,13-15H2,(H,24,27). The zero-order chi connectivity index (χ0) is 19.6. The third-order valence-electron chi connectivity index (χ3n) is 4.93. The van der Waals surface area contributed by atoms with E-state index in [1.165, 1.54) is 0 Å². The Balaban J connectivity index is 1.34. The summed E-state index contributed by atoms with van der Waals surface area (Å²) >= 11 is 0. The van der Waals surface area contributed by atoms with E-state index in [0.29, 0.717) is 12.3 Å². The average Bonchev–Trinajstić information content (AvgIpc) is 3.37. The van der Waals surface area contributed by atoms with Crippen molar-refractivity contribution in [2.45, 2.75) is 13.1 Å². The van der Waals surface area contributed by atoms with Gasteiger partial charge in [-0.25, -0.2) is 0 Å². The van der Waals surface area contributed by atoms with Crippen molar-refractivity contribution in [1.82, 2.24) is 15.1 Å². The van der Waals surface area contributed by atoms with Crippen LogP contribution in [0.2, 0.25) is 0 Å². The van der Waals surface area contributed by atoms with E-state index in [1.807, 2.05) is 72.8 Å². The van der Waals surface area contributed by atoms with E-state index in [1.54, 1.807) is 4.68 Å². The number of amides is 1. The Kier molecular flexibility index (Phi) is 4.37. The van der Waals surface area contributed by atoms with E-state index < -0.39 is 0 Å². The number of rotatable bonds is 5. The quantitative estimate of drug-likeness (QED) is 0.568. The Morgan fingerprint density at radius 3 is 2.66 bits per heavy atom. The van der Waals surface area contributed by atoms with Crippen LogP contribution < -0.4 is 14.8 Å². The molecule has 29 heavy (non-hydrogen) atoms. The molecule has 1 aromatic heterocycles. The van der Waals surface area contributed by atoms with Gasteiger partial charge in [-0.15, -0.1) is 0 Å². The van der Waals surface area contributed by atoms with Gasteiger partial charge in [-0.3, -0.25) is 9.48 Å². The minimum Gasteiger partial charge on any atom is -0.454 e. The maximum absolute atomic E-state index is 12.6. The largest absolute Gasteiger partial charge is 0.454 e. The Morgan fingerprint density at radius 2 is 1.76 bits per heavy atom. The molecule has 6 heteroatoms. The van der Waals surface area contributed by atoms with Gasteiger partial charge in [0.15, 0.2) is 11.5 Å². The molecular weight excluding hydrogens is 366 g/mol. The van der Waals surface area contributed by atoms with E-state index in [9.17, 15) is 4.79 Å². The van der Waals surface area contributed by atoms with Crippen LogP contribution in [0.1, 0.15) is 5.56 Å². The summed E-state index contributed by atoms with van der Waals surface area (Å²) in [6.07, 6.45) is 0. The zero-order valence-corrected chi connectivity index (χ0v) is 15.7. The van der Waals surface area contributed by atoms with Crippen molar-refractivity contribution in [2.24, 2.45) is 0 Å². The van der Waals surface area contributed by atoms with Crippen molar-refractivity contribution in [3.05, 3.63) is 78.4 Å². The number of carbonyl (C=O) groups excluding carboxylic acids is 1. The number of hydrogen-bond donors (Lipinski definition) is 1. The van der Waals surface area contributed by atoms with Crippen molar-refractivity contribution in [1.29, 1.82) is 0 Å². The van der Waals surface area contributed by atoms with Crippen LogP contribution >= 0.6 is 0 Å². The lowest BCUT2D eigenvalue weighted by Gasteiger charge is -2.07. The van der Waals surface area contributed by atoms with Gasteiger partial charge < -0.3 is 14.8 Å². The Hall–Kier alpha value is -3.80. The van der Waals surface area contributed by atoms with Gasteiger partial charge >= 0.3 is 0 Å². The molecule has 0 atom stereocenters. The normalized spacial score (nSPS) is 12.3. The van der Waals surface area contributed by atoms with E-state index in [0.717, 1.165) is 33.5 Å². The number of benzene rings is 3. The van der Waals surface area contributed by atoms with Crippen LogP contribution in [0.15, 0.2) is 72.8 Å². The fourth-order valence-corrected chi connectivity index (χ4v) is 3.50. The van der Waals surface area contributed by atoms with Crippen LogP contribution in [0.5, 0.6) is 11.5 Å². The molecule has 0 spiro atoms. The third-order valence-corrected chi connectivity index (χ3v) is 4.93. The van der Waals surface area contributed by atoms with E-state index in [-0.39, 0.29) is 19.2 Å². The SMILES string of the molecule is O=C(Cn1nc(-c2ccccc2)c2ccccc21)NCc1ccc2c(c1)OCO2. The fourth-order valence-electron chi connectivity index (χ4n) is 3.50. The topological polar surface area (TPSA) is 65.4 Å². The van der Waals surface area contributed by atoms with Crippen LogP contribution in [0.4, 0.5) is 0 Å². The maximum Gasteiger partial charge on any atom is 0.242 e. The summed E-state index contributed by atoms with van der Waals surface area (Å²) < 4.78 is 12.5. The number of nitrogens with one attached hydrogen (secondary N) is 1. The monoisotopic (exact) mass is 385 g/mol.